The zero-order chi connectivity index (χ0) is 15.0. The molecule has 110 valence electrons. The number of unbranched alkanes of at least 4 members (excludes halogenated alkanes) is 1. The summed E-state index contributed by atoms with van der Waals surface area (Å²) in [4.78, 5) is 25.0. The fraction of sp³-hybridized carbons (Fsp3) is 0.500. The Morgan fingerprint density at radius 1 is 1.15 bits per heavy atom. The second-order valence-corrected chi connectivity index (χ2v) is 4.70. The van der Waals surface area contributed by atoms with Gasteiger partial charge in [-0.2, -0.15) is 0 Å². The topological polar surface area (TPSA) is 46.6 Å². The molecule has 0 saturated heterocycles. The summed E-state index contributed by atoms with van der Waals surface area (Å²) < 4.78 is 4.60. The zero-order valence-electron chi connectivity index (χ0n) is 12.5. The number of nitrogens with zero attached hydrogens (tertiary/aromatic N) is 1. The minimum atomic E-state index is -0.403. The summed E-state index contributed by atoms with van der Waals surface area (Å²) in [5.41, 5.74) is 1.84. The summed E-state index contributed by atoms with van der Waals surface area (Å²) in [7, 11) is 1.32. The van der Waals surface area contributed by atoms with Crippen LogP contribution in [0.3, 0.4) is 0 Å². The lowest BCUT2D eigenvalue weighted by Gasteiger charge is -2.19. The first kappa shape index (κ1) is 16.2. The number of amides is 1. The number of hydrogen-bond donors (Lipinski definition) is 0. The van der Waals surface area contributed by atoms with Crippen LogP contribution in [-0.4, -0.2) is 37.0 Å². The van der Waals surface area contributed by atoms with Crippen molar-refractivity contribution in [3.8, 4) is 0 Å². The summed E-state index contributed by atoms with van der Waals surface area (Å²) >= 11 is 0. The molecule has 0 aliphatic carbocycles. The van der Waals surface area contributed by atoms with Crippen LogP contribution >= 0.6 is 0 Å². The highest BCUT2D eigenvalue weighted by molar-refractivity contribution is 5.96. The third kappa shape index (κ3) is 4.68. The number of ether oxygens (including phenoxy) is 1. The van der Waals surface area contributed by atoms with E-state index in [1.807, 2.05) is 31.2 Å². The molecule has 1 aromatic rings. The number of carbonyl (C=O) groups excluding carboxylic acids is 2. The van der Waals surface area contributed by atoms with Crippen molar-refractivity contribution in [3.05, 3.63) is 35.4 Å². The van der Waals surface area contributed by atoms with Crippen molar-refractivity contribution in [2.24, 2.45) is 0 Å². The van der Waals surface area contributed by atoms with Crippen molar-refractivity contribution in [2.45, 2.75) is 33.1 Å². The maximum absolute atomic E-state index is 12.3. The van der Waals surface area contributed by atoms with Gasteiger partial charge < -0.3 is 9.64 Å². The van der Waals surface area contributed by atoms with Gasteiger partial charge in [-0.25, -0.2) is 0 Å². The number of likely N-dealkylation sites (N-methyl/N-ethyl adjacent to an activating group) is 1. The van der Waals surface area contributed by atoms with E-state index in [0.29, 0.717) is 12.1 Å². The van der Waals surface area contributed by atoms with Crippen molar-refractivity contribution in [1.82, 2.24) is 4.90 Å². The number of carbonyl (C=O) groups is 2. The second-order valence-electron chi connectivity index (χ2n) is 4.70. The van der Waals surface area contributed by atoms with E-state index in [4.69, 9.17) is 0 Å². The van der Waals surface area contributed by atoms with Gasteiger partial charge in [0, 0.05) is 12.1 Å². The van der Waals surface area contributed by atoms with E-state index in [2.05, 4.69) is 11.7 Å². The highest BCUT2D eigenvalue weighted by atomic mass is 16.5. The average Bonchev–Trinajstić information content (AvgIpc) is 2.50. The summed E-state index contributed by atoms with van der Waals surface area (Å²) in [6.07, 6.45) is 3.34. The Morgan fingerprint density at radius 3 is 2.30 bits per heavy atom. The van der Waals surface area contributed by atoms with Gasteiger partial charge in [-0.15, -0.1) is 0 Å². The number of aryl methyl sites for hydroxylation is 1. The lowest BCUT2D eigenvalue weighted by Crippen LogP contribution is -2.36. The molecule has 0 fully saturated rings. The number of hydrogen-bond acceptors (Lipinski definition) is 3. The first-order chi connectivity index (χ1) is 9.62. The number of esters is 1. The van der Waals surface area contributed by atoms with Crippen LogP contribution in [-0.2, 0) is 16.0 Å². The lowest BCUT2D eigenvalue weighted by molar-refractivity contribution is -0.141. The van der Waals surface area contributed by atoms with E-state index in [1.165, 1.54) is 17.6 Å². The smallest absolute Gasteiger partial charge is 0.325 e. The molecule has 0 atom stereocenters. The summed E-state index contributed by atoms with van der Waals surface area (Å²) in [6.45, 7) is 4.47. The van der Waals surface area contributed by atoms with Gasteiger partial charge in [0.2, 0.25) is 0 Å². The van der Waals surface area contributed by atoms with Crippen LogP contribution in [0.4, 0.5) is 0 Å². The fourth-order valence-corrected chi connectivity index (χ4v) is 1.93. The largest absolute Gasteiger partial charge is 0.468 e. The Morgan fingerprint density at radius 2 is 1.80 bits per heavy atom. The van der Waals surface area contributed by atoms with Crippen LogP contribution in [0, 0.1) is 0 Å². The molecule has 0 bridgehead atoms. The highest BCUT2D eigenvalue weighted by Gasteiger charge is 2.17. The number of benzene rings is 1. The predicted octanol–water partition coefficient (Wildman–Crippen LogP) is 2.66. The monoisotopic (exact) mass is 277 g/mol. The van der Waals surface area contributed by atoms with Gasteiger partial charge in [-0.05, 0) is 37.5 Å². The maximum Gasteiger partial charge on any atom is 0.325 e. The molecule has 0 N–H and O–H groups in total. The molecule has 1 amide bonds. The number of rotatable bonds is 7. The van der Waals surface area contributed by atoms with Crippen LogP contribution in [0.15, 0.2) is 24.3 Å². The molecule has 0 saturated carbocycles. The van der Waals surface area contributed by atoms with Crippen molar-refractivity contribution in [3.63, 3.8) is 0 Å². The Balaban J connectivity index is 2.72. The van der Waals surface area contributed by atoms with Gasteiger partial charge >= 0.3 is 5.97 Å². The average molecular weight is 277 g/mol. The van der Waals surface area contributed by atoms with Crippen molar-refractivity contribution < 1.29 is 14.3 Å². The van der Waals surface area contributed by atoms with E-state index in [9.17, 15) is 9.59 Å². The fourth-order valence-electron chi connectivity index (χ4n) is 1.93. The molecule has 0 spiro atoms. The molecule has 1 rings (SSSR count). The predicted molar refractivity (Wildman–Crippen MR) is 78.6 cm³/mol. The Bertz CT molecular complexity index is 440. The standard InChI is InChI=1S/C16H23NO3/c1-4-6-7-13-8-10-14(11-9-13)16(19)17(5-2)12-15(18)20-3/h8-11H,4-7,12H2,1-3H3. The quantitative estimate of drug-likeness (QED) is 0.720. The lowest BCUT2D eigenvalue weighted by atomic mass is 10.1. The second kappa shape index (κ2) is 8.35. The van der Waals surface area contributed by atoms with Crippen molar-refractivity contribution in [1.29, 1.82) is 0 Å². The van der Waals surface area contributed by atoms with Crippen molar-refractivity contribution in [2.75, 3.05) is 20.2 Å². The van der Waals surface area contributed by atoms with E-state index in [1.54, 1.807) is 0 Å². The van der Waals surface area contributed by atoms with E-state index in [0.717, 1.165) is 19.3 Å². The Labute approximate surface area is 120 Å². The molecular formula is C16H23NO3. The zero-order valence-corrected chi connectivity index (χ0v) is 12.5. The third-order valence-electron chi connectivity index (χ3n) is 3.24. The third-order valence-corrected chi connectivity index (χ3v) is 3.24. The molecule has 0 radical (unpaired) electrons. The molecule has 0 aromatic heterocycles. The van der Waals surface area contributed by atoms with Gasteiger partial charge in [-0.3, -0.25) is 9.59 Å². The van der Waals surface area contributed by atoms with E-state index < -0.39 is 5.97 Å². The molecule has 0 aliphatic rings. The summed E-state index contributed by atoms with van der Waals surface area (Å²) in [6, 6.07) is 7.62. The van der Waals surface area contributed by atoms with Crippen LogP contribution in [0.1, 0.15) is 42.6 Å². The Hall–Kier alpha value is -1.84. The highest BCUT2D eigenvalue weighted by Crippen LogP contribution is 2.10. The first-order valence-electron chi connectivity index (χ1n) is 7.07. The number of methoxy groups -OCH3 is 1. The van der Waals surface area contributed by atoms with Gasteiger partial charge in [0.05, 0.1) is 7.11 Å². The maximum atomic E-state index is 12.3. The normalized spacial score (nSPS) is 10.2. The molecule has 0 unspecified atom stereocenters. The molecule has 0 aliphatic heterocycles. The summed E-state index contributed by atoms with van der Waals surface area (Å²) in [5.74, 6) is -0.542. The molecule has 4 heteroatoms. The minimum absolute atomic E-state index is 0.0105. The van der Waals surface area contributed by atoms with Gasteiger partial charge in [0.15, 0.2) is 0 Å². The van der Waals surface area contributed by atoms with Crippen LogP contribution in [0.2, 0.25) is 0 Å². The van der Waals surface area contributed by atoms with Crippen LogP contribution in [0.25, 0.3) is 0 Å². The van der Waals surface area contributed by atoms with Gasteiger partial charge in [-0.1, -0.05) is 25.5 Å². The molecule has 0 heterocycles. The molecule has 4 nitrogen and oxygen atoms in total. The SMILES string of the molecule is CCCCc1ccc(C(=O)N(CC)CC(=O)OC)cc1. The van der Waals surface area contributed by atoms with Crippen LogP contribution < -0.4 is 0 Å². The molecule has 20 heavy (non-hydrogen) atoms. The van der Waals surface area contributed by atoms with Gasteiger partial charge in [0.25, 0.3) is 5.91 Å². The van der Waals surface area contributed by atoms with E-state index >= 15 is 0 Å². The van der Waals surface area contributed by atoms with Crippen molar-refractivity contribution >= 4 is 11.9 Å². The minimum Gasteiger partial charge on any atom is -0.468 e. The molecular weight excluding hydrogens is 254 g/mol. The van der Waals surface area contributed by atoms with Gasteiger partial charge in [0.1, 0.15) is 6.54 Å². The Kier molecular flexibility index (Phi) is 6.77. The molecule has 1 aromatic carbocycles. The van der Waals surface area contributed by atoms with Crippen LogP contribution in [0.5, 0.6) is 0 Å². The summed E-state index contributed by atoms with van der Waals surface area (Å²) in [5, 5.41) is 0. The van der Waals surface area contributed by atoms with E-state index in [-0.39, 0.29) is 12.5 Å². The first-order valence-corrected chi connectivity index (χ1v) is 7.07.